The number of hydrogen-bond donors (Lipinski definition) is 3. The van der Waals surface area contributed by atoms with Crippen LogP contribution in [0.2, 0.25) is 0 Å². The van der Waals surface area contributed by atoms with E-state index in [-0.39, 0.29) is 25.7 Å². The number of rotatable bonds is 79. The van der Waals surface area contributed by atoms with Crippen LogP contribution in [0.1, 0.15) is 421 Å². The van der Waals surface area contributed by atoms with E-state index in [1.54, 1.807) is 0 Å². The second kappa shape index (κ2) is 71.0. The molecule has 0 heterocycles. The molecular weight excluding hydrogens is 1320 g/mol. The average molecular weight is 1480 g/mol. The van der Waals surface area contributed by atoms with Crippen LogP contribution in [-0.4, -0.2) is 96.7 Å². The van der Waals surface area contributed by atoms with Gasteiger partial charge in [-0.25, -0.2) is 9.13 Å². The first-order valence-electron chi connectivity index (χ1n) is 42.2. The molecule has 6 atom stereocenters. The van der Waals surface area contributed by atoms with Gasteiger partial charge in [-0.2, -0.15) is 0 Å². The molecule has 0 saturated heterocycles. The highest BCUT2D eigenvalue weighted by Crippen LogP contribution is 2.45. The molecule has 4 unspecified atom stereocenters. The number of aliphatic hydroxyl groups is 1. The lowest BCUT2D eigenvalue weighted by molar-refractivity contribution is -0.161. The number of carbonyl (C=O) groups excluding carboxylic acids is 4. The van der Waals surface area contributed by atoms with Crippen LogP contribution in [-0.2, 0) is 65.4 Å². The number of phosphoric acid groups is 2. The van der Waals surface area contributed by atoms with Crippen molar-refractivity contribution in [1.29, 1.82) is 0 Å². The summed E-state index contributed by atoms with van der Waals surface area (Å²) < 4.78 is 68.7. The van der Waals surface area contributed by atoms with Gasteiger partial charge in [0.15, 0.2) is 12.2 Å². The van der Waals surface area contributed by atoms with Crippen molar-refractivity contribution in [3.8, 4) is 0 Å². The molecular formula is C82H160O17P2. The van der Waals surface area contributed by atoms with Gasteiger partial charge in [0.25, 0.3) is 0 Å². The summed E-state index contributed by atoms with van der Waals surface area (Å²) in [6.45, 7) is 14.3. The van der Waals surface area contributed by atoms with Crippen LogP contribution in [0.25, 0.3) is 0 Å². The molecule has 0 saturated carbocycles. The fourth-order valence-electron chi connectivity index (χ4n) is 12.6. The summed E-state index contributed by atoms with van der Waals surface area (Å²) in [4.78, 5) is 73.0. The lowest BCUT2D eigenvalue weighted by Crippen LogP contribution is -2.30. The Morgan fingerprint density at radius 2 is 0.475 bits per heavy atom. The van der Waals surface area contributed by atoms with Crippen LogP contribution >= 0.6 is 15.6 Å². The largest absolute Gasteiger partial charge is 0.472 e. The highest BCUT2D eigenvalue weighted by atomic mass is 31.2. The fourth-order valence-corrected chi connectivity index (χ4v) is 14.2. The maximum absolute atomic E-state index is 13.1. The van der Waals surface area contributed by atoms with E-state index in [1.807, 2.05) is 0 Å². The quantitative estimate of drug-likeness (QED) is 0.0222. The van der Waals surface area contributed by atoms with Crippen molar-refractivity contribution in [2.45, 2.75) is 440 Å². The summed E-state index contributed by atoms with van der Waals surface area (Å²) in [5, 5.41) is 10.6. The second-order valence-electron chi connectivity index (χ2n) is 31.2. The zero-order chi connectivity index (χ0) is 74.6. The van der Waals surface area contributed by atoms with Gasteiger partial charge in [0.1, 0.15) is 19.3 Å². The lowest BCUT2D eigenvalue weighted by Gasteiger charge is -2.21. The van der Waals surface area contributed by atoms with Crippen molar-refractivity contribution in [3.05, 3.63) is 0 Å². The van der Waals surface area contributed by atoms with E-state index < -0.39 is 97.5 Å². The van der Waals surface area contributed by atoms with Gasteiger partial charge >= 0.3 is 39.5 Å². The Morgan fingerprint density at radius 1 is 0.277 bits per heavy atom. The third-order valence-electron chi connectivity index (χ3n) is 19.4. The van der Waals surface area contributed by atoms with Gasteiger partial charge in [-0.3, -0.25) is 37.3 Å². The zero-order valence-corrected chi connectivity index (χ0v) is 68.3. The maximum Gasteiger partial charge on any atom is 0.472 e. The second-order valence-corrected chi connectivity index (χ2v) is 34.1. The number of ether oxygens (including phenoxy) is 4. The third kappa shape index (κ3) is 74.7. The molecule has 0 spiro atoms. The minimum Gasteiger partial charge on any atom is -0.462 e. The minimum absolute atomic E-state index is 0.105. The normalized spacial score (nSPS) is 14.3. The minimum atomic E-state index is -4.96. The molecule has 0 aromatic rings. The van der Waals surface area contributed by atoms with Crippen LogP contribution < -0.4 is 0 Å². The molecule has 17 nitrogen and oxygen atoms in total. The Bertz CT molecular complexity index is 1970. The number of carbonyl (C=O) groups is 4. The van der Waals surface area contributed by atoms with Gasteiger partial charge < -0.3 is 33.8 Å². The summed E-state index contributed by atoms with van der Waals surface area (Å²) in [6.07, 6.45) is 58.4. The first-order valence-corrected chi connectivity index (χ1v) is 45.2. The molecule has 0 aliphatic carbocycles. The van der Waals surface area contributed by atoms with Crippen molar-refractivity contribution in [3.63, 3.8) is 0 Å². The van der Waals surface area contributed by atoms with Crippen molar-refractivity contribution in [2.24, 2.45) is 23.7 Å². The van der Waals surface area contributed by atoms with Crippen molar-refractivity contribution >= 4 is 39.5 Å². The molecule has 0 fully saturated rings. The number of phosphoric ester groups is 2. The standard InChI is InChI=1S/C82H160O17P2/c1-9-75(8)61-53-45-37-29-22-18-14-12-10-11-13-15-19-24-31-39-48-56-64-81(86)98-77(68-92-79(84)62-54-46-38-30-23-20-16-17-21-27-34-42-50-58-72(2)3)70-96-100(88,89)94-66-76(83)67-95-101(90,91)97-71-78(69-93-80(85)63-55-47-41-33-36-44-52-60-74(6)7)99-82(87)65-57-49-40-32-26-25-28-35-43-51-59-73(4)5/h72-78,83H,9-71H2,1-8H3,(H,88,89)(H,90,91)/t75?,76?,77-,78-/m1/s1. The number of aliphatic hydroxyl groups excluding tert-OH is 1. The van der Waals surface area contributed by atoms with E-state index in [1.165, 1.54) is 218 Å². The summed E-state index contributed by atoms with van der Waals surface area (Å²) >= 11 is 0. The van der Waals surface area contributed by atoms with Gasteiger partial charge in [-0.15, -0.1) is 0 Å². The van der Waals surface area contributed by atoms with Gasteiger partial charge in [-0.05, 0) is 49.4 Å². The van der Waals surface area contributed by atoms with E-state index in [2.05, 4.69) is 55.4 Å². The van der Waals surface area contributed by atoms with Crippen LogP contribution in [0.3, 0.4) is 0 Å². The average Bonchev–Trinajstić information content (AvgIpc) is 1.08. The Balaban J connectivity index is 5.22. The molecule has 600 valence electrons. The van der Waals surface area contributed by atoms with Gasteiger partial charge in [0.05, 0.1) is 26.4 Å². The topological polar surface area (TPSA) is 237 Å². The van der Waals surface area contributed by atoms with Crippen molar-refractivity contribution < 1.29 is 80.2 Å². The third-order valence-corrected chi connectivity index (χ3v) is 21.3. The molecule has 3 N–H and O–H groups in total. The van der Waals surface area contributed by atoms with Gasteiger partial charge in [0.2, 0.25) is 0 Å². The summed E-state index contributed by atoms with van der Waals surface area (Å²) in [5.41, 5.74) is 0. The predicted molar refractivity (Wildman–Crippen MR) is 414 cm³/mol. The summed E-state index contributed by atoms with van der Waals surface area (Å²) in [7, 11) is -9.92. The molecule has 0 rings (SSSR count). The molecule has 0 aromatic carbocycles. The molecule has 101 heavy (non-hydrogen) atoms. The van der Waals surface area contributed by atoms with E-state index >= 15 is 0 Å². The molecule has 19 heteroatoms. The molecule has 0 radical (unpaired) electrons. The van der Waals surface area contributed by atoms with Gasteiger partial charge in [0, 0.05) is 25.7 Å². The van der Waals surface area contributed by atoms with E-state index in [0.717, 1.165) is 114 Å². The smallest absolute Gasteiger partial charge is 0.462 e. The molecule has 0 aliphatic heterocycles. The first-order chi connectivity index (χ1) is 48.6. The van der Waals surface area contributed by atoms with E-state index in [9.17, 15) is 43.2 Å². The van der Waals surface area contributed by atoms with Crippen LogP contribution in [0, 0.1) is 23.7 Å². The van der Waals surface area contributed by atoms with Crippen LogP contribution in [0.4, 0.5) is 0 Å². The Kier molecular flexibility index (Phi) is 69.6. The first kappa shape index (κ1) is 99.1. The lowest BCUT2D eigenvalue weighted by atomic mass is 9.99. The van der Waals surface area contributed by atoms with E-state index in [4.69, 9.17) is 37.0 Å². The Hall–Kier alpha value is -1.94. The zero-order valence-electron chi connectivity index (χ0n) is 66.5. The highest BCUT2D eigenvalue weighted by Gasteiger charge is 2.30. The Morgan fingerprint density at radius 3 is 0.703 bits per heavy atom. The van der Waals surface area contributed by atoms with Gasteiger partial charge in [-0.1, -0.05) is 370 Å². The summed E-state index contributed by atoms with van der Waals surface area (Å²) in [6, 6.07) is 0. The Labute approximate surface area is 619 Å². The maximum atomic E-state index is 13.1. The SMILES string of the molecule is CCC(C)CCCCCCCCCCCCCCCCCCCCC(=O)O[C@H](COC(=O)CCCCCCCCCCCCCCCC(C)C)COP(=O)(O)OCC(O)COP(=O)(O)OC[C@@H](COC(=O)CCCCCCCCCC(C)C)OC(=O)CCCCCCCCCCCCC(C)C. The fraction of sp³-hybridized carbons (Fsp3) is 0.951. The number of esters is 4. The molecule has 0 aromatic heterocycles. The summed E-state index contributed by atoms with van der Waals surface area (Å²) in [5.74, 6) is 1.00. The van der Waals surface area contributed by atoms with Crippen LogP contribution in [0.5, 0.6) is 0 Å². The number of hydrogen-bond acceptors (Lipinski definition) is 15. The molecule has 0 aliphatic rings. The monoisotopic (exact) mass is 1480 g/mol. The predicted octanol–water partition coefficient (Wildman–Crippen LogP) is 24.4. The van der Waals surface area contributed by atoms with Crippen LogP contribution in [0.15, 0.2) is 0 Å². The molecule has 0 bridgehead atoms. The van der Waals surface area contributed by atoms with Crippen molar-refractivity contribution in [1.82, 2.24) is 0 Å². The number of unbranched alkanes of at least 4 members (excludes halogenated alkanes) is 44. The van der Waals surface area contributed by atoms with Crippen molar-refractivity contribution in [2.75, 3.05) is 39.6 Å². The highest BCUT2D eigenvalue weighted by molar-refractivity contribution is 7.47. The van der Waals surface area contributed by atoms with E-state index in [0.29, 0.717) is 31.6 Å². The molecule has 0 amide bonds.